The maximum absolute atomic E-state index is 13.3. The molecule has 0 radical (unpaired) electrons. The molecule has 1 aliphatic rings. The fraction of sp³-hybridized carbons (Fsp3) is 0.462. The maximum atomic E-state index is 13.3. The molecule has 0 heterocycles. The van der Waals surface area contributed by atoms with E-state index in [-0.39, 0.29) is 17.6 Å². The van der Waals surface area contributed by atoms with E-state index in [0.29, 0.717) is 11.8 Å². The van der Waals surface area contributed by atoms with Gasteiger partial charge in [0, 0.05) is 5.56 Å². The molecule has 0 fully saturated rings. The van der Waals surface area contributed by atoms with Crippen molar-refractivity contribution in [3.05, 3.63) is 114 Å². The van der Waals surface area contributed by atoms with Crippen LogP contribution in [0.4, 0.5) is 0 Å². The van der Waals surface area contributed by atoms with Crippen molar-refractivity contribution in [3.63, 3.8) is 0 Å². The van der Waals surface area contributed by atoms with Crippen LogP contribution in [0, 0.1) is 17.3 Å². The molecule has 0 saturated heterocycles. The molecule has 2 heteroatoms. The normalized spacial score (nSPS) is 16.7. The zero-order valence-electron chi connectivity index (χ0n) is 26.7. The van der Waals surface area contributed by atoms with Gasteiger partial charge in [-0.3, -0.25) is 4.79 Å². The number of hydrogen-bond acceptors (Lipinski definition) is 2. The molecule has 0 saturated carbocycles. The Bertz CT molecular complexity index is 1170. The lowest BCUT2D eigenvalue weighted by Gasteiger charge is -2.28. The summed E-state index contributed by atoms with van der Waals surface area (Å²) in [5, 5.41) is 10.9. The number of Topliss-reactive ketones (excluding diaryl/α,β-unsaturated/α-hetero) is 1. The van der Waals surface area contributed by atoms with Crippen LogP contribution in [-0.2, 0) is 6.42 Å². The summed E-state index contributed by atoms with van der Waals surface area (Å²) in [6.07, 6.45) is 6.81. The summed E-state index contributed by atoms with van der Waals surface area (Å²) in [6.45, 7) is 29.3. The number of aliphatic hydroxyl groups is 1. The molecule has 2 nitrogen and oxygen atoms in total. The number of benzene rings is 2. The van der Waals surface area contributed by atoms with Gasteiger partial charge in [-0.15, -0.1) is 13.2 Å². The van der Waals surface area contributed by atoms with Crippen LogP contribution in [-0.4, -0.2) is 16.5 Å². The number of ketones is 1. The van der Waals surface area contributed by atoms with E-state index < -0.39 is 5.60 Å². The van der Waals surface area contributed by atoms with E-state index in [2.05, 4.69) is 66.1 Å². The van der Waals surface area contributed by atoms with E-state index in [9.17, 15) is 9.90 Å². The number of allylic oxidation sites excluding steroid dienone is 4. The summed E-state index contributed by atoms with van der Waals surface area (Å²) in [6, 6.07) is 18.1. The van der Waals surface area contributed by atoms with Gasteiger partial charge in [-0.1, -0.05) is 105 Å². The van der Waals surface area contributed by atoms with Crippen LogP contribution in [0.5, 0.6) is 0 Å². The van der Waals surface area contributed by atoms with Crippen LogP contribution < -0.4 is 0 Å². The molecule has 0 bridgehead atoms. The van der Waals surface area contributed by atoms with E-state index in [4.69, 9.17) is 0 Å². The third-order valence-electron chi connectivity index (χ3n) is 7.85. The Balaban J connectivity index is 0.000000642. The van der Waals surface area contributed by atoms with Crippen LogP contribution in [0.1, 0.15) is 108 Å². The predicted octanol–water partition coefficient (Wildman–Crippen LogP) is 10.6. The Morgan fingerprint density at radius 3 is 1.95 bits per heavy atom. The van der Waals surface area contributed by atoms with Crippen molar-refractivity contribution in [2.24, 2.45) is 17.3 Å². The zero-order chi connectivity index (χ0) is 30.8. The summed E-state index contributed by atoms with van der Waals surface area (Å²) in [5.74, 6) is -0.0328. The van der Waals surface area contributed by atoms with Gasteiger partial charge in [-0.2, -0.15) is 0 Å². The fourth-order valence-corrected chi connectivity index (χ4v) is 5.88. The lowest BCUT2D eigenvalue weighted by molar-refractivity contribution is 0.0401. The molecular weight excluding hydrogens is 500 g/mol. The predicted molar refractivity (Wildman–Crippen MR) is 178 cm³/mol. The number of rotatable bonds is 13. The third-order valence-corrected chi connectivity index (χ3v) is 7.85. The molecule has 3 rings (SSSR count). The molecule has 2 aromatic carbocycles. The van der Waals surface area contributed by atoms with Gasteiger partial charge in [0.1, 0.15) is 0 Å². The molecule has 1 N–H and O–H groups in total. The second-order valence-corrected chi connectivity index (χ2v) is 13.7. The average Bonchev–Trinajstić information content (AvgIpc) is 3.12. The summed E-state index contributed by atoms with van der Waals surface area (Å²) in [4.78, 5) is 13.3. The monoisotopic (exact) mass is 554 g/mol. The zero-order valence-corrected chi connectivity index (χ0v) is 26.7. The Morgan fingerprint density at radius 2 is 1.44 bits per heavy atom. The first-order valence-corrected chi connectivity index (χ1v) is 15.2. The highest BCUT2D eigenvalue weighted by Crippen LogP contribution is 2.44. The van der Waals surface area contributed by atoms with Crippen LogP contribution >= 0.6 is 0 Å². The van der Waals surface area contributed by atoms with E-state index in [1.165, 1.54) is 11.1 Å². The lowest BCUT2D eigenvalue weighted by atomic mass is 9.76. The van der Waals surface area contributed by atoms with E-state index in [0.717, 1.165) is 72.8 Å². The van der Waals surface area contributed by atoms with Gasteiger partial charge >= 0.3 is 0 Å². The van der Waals surface area contributed by atoms with Crippen molar-refractivity contribution < 1.29 is 9.90 Å². The SMILES string of the molecule is C=C(C)CC(C)(C)C.C=C(C)CCC(C(=C)CCCC(C)(O)CCc1ccccc1)C1C(=C)c2ccccc2C1=O. The van der Waals surface area contributed by atoms with Gasteiger partial charge in [0.2, 0.25) is 0 Å². The molecule has 41 heavy (non-hydrogen) atoms. The van der Waals surface area contributed by atoms with Gasteiger partial charge in [-0.25, -0.2) is 0 Å². The third kappa shape index (κ3) is 11.4. The minimum atomic E-state index is -0.716. The molecule has 0 aliphatic heterocycles. The van der Waals surface area contributed by atoms with Crippen LogP contribution in [0.25, 0.3) is 5.57 Å². The smallest absolute Gasteiger partial charge is 0.171 e. The molecule has 0 aromatic heterocycles. The second kappa shape index (κ2) is 15.3. The molecule has 2 aromatic rings. The highest BCUT2D eigenvalue weighted by Gasteiger charge is 2.39. The van der Waals surface area contributed by atoms with Gasteiger partial charge < -0.3 is 5.11 Å². The van der Waals surface area contributed by atoms with E-state index in [1.807, 2.05) is 56.3 Å². The van der Waals surface area contributed by atoms with Crippen LogP contribution in [0.3, 0.4) is 0 Å². The molecule has 222 valence electrons. The fourth-order valence-electron chi connectivity index (χ4n) is 5.88. The quantitative estimate of drug-likeness (QED) is 0.250. The largest absolute Gasteiger partial charge is 0.390 e. The summed E-state index contributed by atoms with van der Waals surface area (Å²) in [7, 11) is 0. The first-order valence-electron chi connectivity index (χ1n) is 15.2. The number of fused-ring (bicyclic) bond motifs is 1. The van der Waals surface area contributed by atoms with Gasteiger partial charge in [0.05, 0.1) is 11.5 Å². The van der Waals surface area contributed by atoms with Crippen molar-refractivity contribution in [1.82, 2.24) is 0 Å². The van der Waals surface area contributed by atoms with Crippen molar-refractivity contribution in [1.29, 1.82) is 0 Å². The minimum Gasteiger partial charge on any atom is -0.390 e. The summed E-state index contributed by atoms with van der Waals surface area (Å²) >= 11 is 0. The Kier molecular flexibility index (Phi) is 12.8. The van der Waals surface area contributed by atoms with Crippen LogP contribution in [0.2, 0.25) is 0 Å². The Labute approximate surface area is 251 Å². The molecule has 3 atom stereocenters. The number of aryl methyl sites for hydroxylation is 1. The first-order chi connectivity index (χ1) is 19.1. The highest BCUT2D eigenvalue weighted by molar-refractivity contribution is 6.13. The molecule has 1 aliphatic carbocycles. The van der Waals surface area contributed by atoms with Crippen LogP contribution in [0.15, 0.2) is 97.6 Å². The van der Waals surface area contributed by atoms with Gasteiger partial charge in [0.25, 0.3) is 0 Å². The minimum absolute atomic E-state index is 0.0448. The van der Waals surface area contributed by atoms with Gasteiger partial charge in [-0.05, 0) is 100 Å². The van der Waals surface area contributed by atoms with Crippen molar-refractivity contribution in [2.45, 2.75) is 98.5 Å². The number of hydrogen-bond donors (Lipinski definition) is 1. The standard InChI is InChI=1S/C31H38O2.C8H16/c1-22(2)17-18-26(29-24(4)27-15-9-10-16-28(27)30(29)32)23(3)12-11-20-31(5,33)21-19-25-13-7-6-8-14-25;1-7(2)6-8(3,4)5/h6-10,13-16,26,29,33H,1,3-4,11-12,17-21H2,2,5H3;1,6H2,2-5H3. The molecule has 0 amide bonds. The van der Waals surface area contributed by atoms with E-state index >= 15 is 0 Å². The maximum Gasteiger partial charge on any atom is 0.171 e. The highest BCUT2D eigenvalue weighted by atomic mass is 16.3. The summed E-state index contributed by atoms with van der Waals surface area (Å²) in [5.41, 5.74) is 7.11. The Hall–Kier alpha value is -2.97. The molecule has 3 unspecified atom stereocenters. The lowest BCUT2D eigenvalue weighted by Crippen LogP contribution is -2.25. The number of carbonyl (C=O) groups excluding carboxylic acids is 1. The van der Waals surface area contributed by atoms with E-state index in [1.54, 1.807) is 0 Å². The molecular formula is C39H54O2. The summed E-state index contributed by atoms with van der Waals surface area (Å²) < 4.78 is 0. The number of carbonyl (C=O) groups is 1. The Morgan fingerprint density at radius 1 is 0.854 bits per heavy atom. The topological polar surface area (TPSA) is 37.3 Å². The first kappa shape index (κ1) is 34.2. The molecule has 0 spiro atoms. The van der Waals surface area contributed by atoms with Crippen molar-refractivity contribution in [2.75, 3.05) is 0 Å². The average molecular weight is 555 g/mol. The van der Waals surface area contributed by atoms with Gasteiger partial charge in [0.15, 0.2) is 5.78 Å². The van der Waals surface area contributed by atoms with Crippen molar-refractivity contribution >= 4 is 11.4 Å². The van der Waals surface area contributed by atoms with Crippen molar-refractivity contribution in [3.8, 4) is 0 Å². The second-order valence-electron chi connectivity index (χ2n) is 13.7.